The molecule has 6 heteroatoms. The molecule has 2 N–H and O–H groups in total. The van der Waals surface area contributed by atoms with Crippen LogP contribution < -0.4 is 10.9 Å². The van der Waals surface area contributed by atoms with Crippen molar-refractivity contribution in [3.63, 3.8) is 0 Å². The molecule has 0 spiro atoms. The molecule has 0 unspecified atom stereocenters. The van der Waals surface area contributed by atoms with Gasteiger partial charge in [0, 0.05) is 10.6 Å². The summed E-state index contributed by atoms with van der Waals surface area (Å²) in [6.07, 6.45) is 3.28. The minimum atomic E-state index is -0.228. The van der Waals surface area contributed by atoms with E-state index >= 15 is 0 Å². The lowest BCUT2D eigenvalue weighted by atomic mass is 9.90. The zero-order valence-electron chi connectivity index (χ0n) is 14.2. The maximum Gasteiger partial charge on any atom is 0.279 e. The van der Waals surface area contributed by atoms with Gasteiger partial charge < -0.3 is 0 Å². The number of carbonyl (C=O) groups excluding carboxylic acids is 2. The van der Waals surface area contributed by atoms with Gasteiger partial charge in [-0.3, -0.25) is 20.4 Å². The van der Waals surface area contributed by atoms with Gasteiger partial charge in [0.05, 0.1) is 10.6 Å². The Kier molecular flexibility index (Phi) is 6.15. The first-order valence-electron chi connectivity index (χ1n) is 8.44. The lowest BCUT2D eigenvalue weighted by molar-refractivity contribution is -0.119. The summed E-state index contributed by atoms with van der Waals surface area (Å²) in [6.45, 7) is 2.24. The van der Waals surface area contributed by atoms with Crippen molar-refractivity contribution in [2.45, 2.75) is 31.9 Å². The average Bonchev–Trinajstić information content (AvgIpc) is 3.04. The highest BCUT2D eigenvalue weighted by Gasteiger charge is 2.20. The number of hydrazine groups is 1. The number of fused-ring (bicyclic) bond motifs is 1. The fourth-order valence-corrected chi connectivity index (χ4v) is 4.77. The maximum atomic E-state index is 12.2. The van der Waals surface area contributed by atoms with E-state index < -0.39 is 0 Å². The van der Waals surface area contributed by atoms with E-state index in [2.05, 4.69) is 17.8 Å². The Morgan fingerprint density at radius 3 is 2.84 bits per heavy atom. The van der Waals surface area contributed by atoms with Crippen LogP contribution in [0.3, 0.4) is 0 Å². The molecule has 0 fully saturated rings. The molecule has 1 aromatic heterocycles. The predicted molar refractivity (Wildman–Crippen MR) is 104 cm³/mol. The Balaban J connectivity index is 1.42. The molecule has 4 nitrogen and oxygen atoms in total. The van der Waals surface area contributed by atoms with Crippen molar-refractivity contribution in [3.8, 4) is 0 Å². The average molecular weight is 375 g/mol. The summed E-state index contributed by atoms with van der Waals surface area (Å²) in [5.41, 5.74) is 7.50. The highest BCUT2D eigenvalue weighted by Crippen LogP contribution is 2.32. The van der Waals surface area contributed by atoms with Crippen LogP contribution in [0.2, 0.25) is 0 Å². The summed E-state index contributed by atoms with van der Waals surface area (Å²) in [4.78, 5) is 26.1. The van der Waals surface area contributed by atoms with Crippen LogP contribution in [0.25, 0.3) is 0 Å². The van der Waals surface area contributed by atoms with Crippen molar-refractivity contribution in [3.05, 3.63) is 57.3 Å². The zero-order chi connectivity index (χ0) is 17.6. The number of benzene rings is 1. The van der Waals surface area contributed by atoms with Crippen molar-refractivity contribution in [2.75, 3.05) is 5.75 Å². The quantitative estimate of drug-likeness (QED) is 0.787. The first-order chi connectivity index (χ1) is 12.1. The summed E-state index contributed by atoms with van der Waals surface area (Å²) in [5, 5.41) is 0. The molecular formula is C19H22N2O2S2. The van der Waals surface area contributed by atoms with Gasteiger partial charge in [0.15, 0.2) is 0 Å². The van der Waals surface area contributed by atoms with Crippen LogP contribution in [0.5, 0.6) is 0 Å². The third-order valence-electron chi connectivity index (χ3n) is 4.21. The van der Waals surface area contributed by atoms with Crippen molar-refractivity contribution in [1.29, 1.82) is 0 Å². The number of rotatable bonds is 5. The summed E-state index contributed by atoms with van der Waals surface area (Å²) in [5.74, 6) is 1.35. The third kappa shape index (κ3) is 5.09. The lowest BCUT2D eigenvalue weighted by Crippen LogP contribution is -2.42. The van der Waals surface area contributed by atoms with Crippen molar-refractivity contribution in [1.82, 2.24) is 10.9 Å². The molecule has 0 radical (unpaired) electrons. The molecule has 1 heterocycles. The van der Waals surface area contributed by atoms with E-state index in [1.54, 1.807) is 11.3 Å². The smallest absolute Gasteiger partial charge is 0.272 e. The number of hydrogen-bond acceptors (Lipinski definition) is 4. The minimum absolute atomic E-state index is 0.191. The van der Waals surface area contributed by atoms with E-state index in [0.717, 1.165) is 18.6 Å². The fourth-order valence-electron chi connectivity index (χ4n) is 2.88. The molecule has 1 aliphatic carbocycles. The summed E-state index contributed by atoms with van der Waals surface area (Å²) >= 11 is 3.07. The van der Waals surface area contributed by atoms with Gasteiger partial charge in [-0.05, 0) is 42.4 Å². The van der Waals surface area contributed by atoms with Crippen LogP contribution in [0, 0.1) is 5.92 Å². The van der Waals surface area contributed by atoms with Gasteiger partial charge in [0.2, 0.25) is 5.91 Å². The molecular weight excluding hydrogens is 352 g/mol. The molecule has 1 atom stereocenters. The van der Waals surface area contributed by atoms with Crippen LogP contribution in [-0.4, -0.2) is 17.6 Å². The van der Waals surface area contributed by atoms with Crippen molar-refractivity contribution >= 4 is 34.9 Å². The van der Waals surface area contributed by atoms with Crippen LogP contribution in [0.15, 0.2) is 36.4 Å². The van der Waals surface area contributed by atoms with E-state index in [4.69, 9.17) is 0 Å². The second-order valence-corrected chi connectivity index (χ2v) is 8.51. The first kappa shape index (κ1) is 18.0. The van der Waals surface area contributed by atoms with E-state index in [9.17, 15) is 9.59 Å². The minimum Gasteiger partial charge on any atom is -0.272 e. The first-order valence-corrected chi connectivity index (χ1v) is 10.4. The zero-order valence-corrected chi connectivity index (χ0v) is 15.8. The van der Waals surface area contributed by atoms with Crippen molar-refractivity contribution in [2.24, 2.45) is 5.92 Å². The fraction of sp³-hybridized carbons (Fsp3) is 0.368. The molecule has 2 amide bonds. The number of thioether (sulfide) groups is 1. The molecule has 0 saturated carbocycles. The van der Waals surface area contributed by atoms with Gasteiger partial charge in [-0.15, -0.1) is 23.1 Å². The van der Waals surface area contributed by atoms with Gasteiger partial charge in [-0.1, -0.05) is 37.3 Å². The number of carbonyl (C=O) groups is 2. The Hall–Kier alpha value is -1.79. The van der Waals surface area contributed by atoms with Crippen LogP contribution in [0.4, 0.5) is 0 Å². The van der Waals surface area contributed by atoms with Crippen molar-refractivity contribution < 1.29 is 9.59 Å². The lowest BCUT2D eigenvalue weighted by Gasteiger charge is -2.16. The number of thiophene rings is 1. The summed E-state index contributed by atoms with van der Waals surface area (Å²) in [7, 11) is 0. The number of hydrogen-bond donors (Lipinski definition) is 2. The third-order valence-corrected chi connectivity index (χ3v) is 6.45. The predicted octanol–water partition coefficient (Wildman–Crippen LogP) is 3.57. The monoisotopic (exact) mass is 374 g/mol. The molecule has 2 aromatic rings. The second-order valence-electron chi connectivity index (χ2n) is 6.39. The van der Waals surface area contributed by atoms with E-state index in [1.165, 1.54) is 34.2 Å². The molecule has 132 valence electrons. The molecule has 0 aliphatic heterocycles. The molecule has 3 rings (SSSR count). The van der Waals surface area contributed by atoms with Gasteiger partial charge in [0.1, 0.15) is 0 Å². The topological polar surface area (TPSA) is 58.2 Å². The van der Waals surface area contributed by atoms with Gasteiger partial charge >= 0.3 is 0 Å². The van der Waals surface area contributed by atoms with Gasteiger partial charge in [-0.2, -0.15) is 0 Å². The summed E-state index contributed by atoms with van der Waals surface area (Å²) < 4.78 is 0. The SMILES string of the molecule is C[C@H]1CCc2sc(C(=O)NNC(=O)CSCc3ccccc3)cc2C1. The number of nitrogens with one attached hydrogen (secondary N) is 2. The normalized spacial score (nSPS) is 16.1. The highest BCUT2D eigenvalue weighted by molar-refractivity contribution is 7.99. The van der Waals surface area contributed by atoms with E-state index in [1.807, 2.05) is 36.4 Å². The Morgan fingerprint density at radius 2 is 2.04 bits per heavy atom. The highest BCUT2D eigenvalue weighted by atomic mass is 32.2. The molecule has 25 heavy (non-hydrogen) atoms. The van der Waals surface area contributed by atoms with Crippen LogP contribution in [0.1, 0.15) is 39.0 Å². The van der Waals surface area contributed by atoms with Crippen LogP contribution >= 0.6 is 23.1 Å². The Morgan fingerprint density at radius 1 is 1.24 bits per heavy atom. The van der Waals surface area contributed by atoms with Gasteiger partial charge in [0.25, 0.3) is 5.91 Å². The molecule has 0 bridgehead atoms. The molecule has 1 aromatic carbocycles. The molecule has 0 saturated heterocycles. The van der Waals surface area contributed by atoms with Crippen LogP contribution in [-0.2, 0) is 23.4 Å². The second kappa shape index (κ2) is 8.54. The summed E-state index contributed by atoms with van der Waals surface area (Å²) in [6, 6.07) is 12.0. The largest absolute Gasteiger partial charge is 0.279 e. The number of aryl methyl sites for hydroxylation is 1. The standard InChI is InChI=1S/C19H22N2O2S2/c1-13-7-8-16-15(9-13)10-17(25-16)19(23)21-20-18(22)12-24-11-14-5-3-2-4-6-14/h2-6,10,13H,7-9,11-12H2,1H3,(H,20,22)(H,21,23)/t13-/m0/s1. The molecule has 1 aliphatic rings. The van der Waals surface area contributed by atoms with E-state index in [0.29, 0.717) is 16.5 Å². The number of amides is 2. The Labute approximate surface area is 156 Å². The van der Waals surface area contributed by atoms with Gasteiger partial charge in [-0.25, -0.2) is 0 Å². The van der Waals surface area contributed by atoms with E-state index in [-0.39, 0.29) is 11.8 Å². The maximum absolute atomic E-state index is 12.2. The Bertz CT molecular complexity index is 743.